The number of hydrogen-bond acceptors (Lipinski definition) is 4. The topological polar surface area (TPSA) is 69.6 Å². The van der Waals surface area contributed by atoms with Crippen LogP contribution in [0, 0.1) is 5.92 Å². The molecule has 0 radical (unpaired) electrons. The number of nitrogens with one attached hydrogen (secondary N) is 1. The molecule has 1 aliphatic heterocycles. The van der Waals surface area contributed by atoms with E-state index in [-0.39, 0.29) is 30.4 Å². The Morgan fingerprint density at radius 2 is 2.12 bits per heavy atom. The van der Waals surface area contributed by atoms with Gasteiger partial charge in [0.1, 0.15) is 6.04 Å². The van der Waals surface area contributed by atoms with Gasteiger partial charge in [0.05, 0.1) is 12.6 Å². The van der Waals surface area contributed by atoms with Crippen LogP contribution in [0.2, 0.25) is 0 Å². The lowest BCUT2D eigenvalue weighted by Gasteiger charge is -2.32. The Kier molecular flexibility index (Phi) is 7.32. The van der Waals surface area contributed by atoms with Crippen LogP contribution in [-0.4, -0.2) is 52.5 Å². The molecule has 2 amide bonds. The van der Waals surface area contributed by atoms with Crippen LogP contribution < -0.4 is 5.32 Å². The van der Waals surface area contributed by atoms with Crippen molar-refractivity contribution in [3.63, 3.8) is 0 Å². The van der Waals surface area contributed by atoms with Crippen LogP contribution in [0.4, 0.5) is 0 Å². The van der Waals surface area contributed by atoms with Crippen LogP contribution in [-0.2, 0) is 11.3 Å². The van der Waals surface area contributed by atoms with Crippen LogP contribution >= 0.6 is 11.8 Å². The van der Waals surface area contributed by atoms with Crippen molar-refractivity contribution in [3.05, 3.63) is 35.4 Å². The summed E-state index contributed by atoms with van der Waals surface area (Å²) < 4.78 is 0. The van der Waals surface area contributed by atoms with E-state index in [0.717, 1.165) is 17.7 Å². The average molecular weight is 365 g/mol. The van der Waals surface area contributed by atoms with Gasteiger partial charge in [-0.25, -0.2) is 0 Å². The standard InChI is InChI=1S/C19H28N2O3S/c1-4-13(2)17(18(23)20-15(12-22)9-10-25-3)21-11-14-7-5-6-8-16(14)19(21)24/h5-8,13,15,17,22H,4,9-12H2,1-3H3,(H,20,23)/t13-,15-,17-/m0/s1. The highest BCUT2D eigenvalue weighted by Gasteiger charge is 2.39. The molecular formula is C19H28N2O3S. The van der Waals surface area contributed by atoms with Crippen LogP contribution in [0.15, 0.2) is 24.3 Å². The number of benzene rings is 1. The van der Waals surface area contributed by atoms with Crippen molar-refractivity contribution >= 4 is 23.6 Å². The number of amides is 2. The number of rotatable bonds is 9. The summed E-state index contributed by atoms with van der Waals surface area (Å²) in [6, 6.07) is 6.73. The number of aliphatic hydroxyl groups excluding tert-OH is 1. The summed E-state index contributed by atoms with van der Waals surface area (Å²) in [7, 11) is 0. The zero-order valence-electron chi connectivity index (χ0n) is 15.2. The third kappa shape index (κ3) is 4.55. The van der Waals surface area contributed by atoms with E-state index in [1.165, 1.54) is 0 Å². The molecule has 6 heteroatoms. The molecule has 0 aromatic heterocycles. The van der Waals surface area contributed by atoms with E-state index in [0.29, 0.717) is 18.5 Å². The van der Waals surface area contributed by atoms with Gasteiger partial charge in [0.25, 0.3) is 5.91 Å². The van der Waals surface area contributed by atoms with Gasteiger partial charge in [0.2, 0.25) is 5.91 Å². The quantitative estimate of drug-likeness (QED) is 0.705. The highest BCUT2D eigenvalue weighted by atomic mass is 32.2. The highest BCUT2D eigenvalue weighted by Crippen LogP contribution is 2.28. The average Bonchev–Trinajstić information content (AvgIpc) is 2.95. The Bertz CT molecular complexity index is 608. The van der Waals surface area contributed by atoms with Gasteiger partial charge < -0.3 is 15.3 Å². The van der Waals surface area contributed by atoms with Gasteiger partial charge in [0, 0.05) is 12.1 Å². The molecular weight excluding hydrogens is 336 g/mol. The summed E-state index contributed by atoms with van der Waals surface area (Å²) in [4.78, 5) is 27.4. The van der Waals surface area contributed by atoms with Crippen molar-refractivity contribution in [1.29, 1.82) is 0 Å². The fourth-order valence-electron chi connectivity index (χ4n) is 3.19. The molecule has 0 saturated carbocycles. The lowest BCUT2D eigenvalue weighted by molar-refractivity contribution is -0.128. The fourth-order valence-corrected chi connectivity index (χ4v) is 3.71. The fraction of sp³-hybridized carbons (Fsp3) is 0.579. The van der Waals surface area contributed by atoms with Crippen molar-refractivity contribution in [2.24, 2.45) is 5.92 Å². The predicted octanol–water partition coefficient (Wildman–Crippen LogP) is 2.29. The maximum atomic E-state index is 12.9. The third-order valence-corrected chi connectivity index (χ3v) is 5.52. The number of aliphatic hydroxyl groups is 1. The molecule has 0 aliphatic carbocycles. The minimum Gasteiger partial charge on any atom is -0.394 e. The van der Waals surface area contributed by atoms with Crippen molar-refractivity contribution in [3.8, 4) is 0 Å². The minimum atomic E-state index is -0.520. The molecule has 2 N–H and O–H groups in total. The largest absolute Gasteiger partial charge is 0.394 e. The number of fused-ring (bicyclic) bond motifs is 1. The molecule has 25 heavy (non-hydrogen) atoms. The van der Waals surface area contributed by atoms with E-state index in [2.05, 4.69) is 5.32 Å². The Hall–Kier alpha value is -1.53. The van der Waals surface area contributed by atoms with Gasteiger partial charge in [-0.1, -0.05) is 38.5 Å². The van der Waals surface area contributed by atoms with E-state index >= 15 is 0 Å². The first-order chi connectivity index (χ1) is 12.0. The Balaban J connectivity index is 2.17. The third-order valence-electron chi connectivity index (χ3n) is 4.87. The van der Waals surface area contributed by atoms with Crippen molar-refractivity contribution in [2.45, 2.75) is 45.3 Å². The second kappa shape index (κ2) is 9.25. The normalized spacial score (nSPS) is 17.1. The Labute approximate surface area is 154 Å². The first-order valence-corrected chi connectivity index (χ1v) is 10.2. The maximum Gasteiger partial charge on any atom is 0.255 e. The molecule has 1 aromatic carbocycles. The zero-order valence-corrected chi connectivity index (χ0v) is 16.0. The highest BCUT2D eigenvalue weighted by molar-refractivity contribution is 7.98. The predicted molar refractivity (Wildman–Crippen MR) is 102 cm³/mol. The van der Waals surface area contributed by atoms with E-state index in [1.807, 2.05) is 44.4 Å². The molecule has 2 rings (SSSR count). The second-order valence-electron chi connectivity index (χ2n) is 6.59. The lowest BCUT2D eigenvalue weighted by Crippen LogP contribution is -2.53. The molecule has 0 saturated heterocycles. The van der Waals surface area contributed by atoms with Crippen molar-refractivity contribution < 1.29 is 14.7 Å². The SMILES string of the molecule is CC[C@H](C)[C@@H](C(=O)N[C@H](CO)CCSC)N1Cc2ccccc2C1=O. The van der Waals surface area contributed by atoms with E-state index in [1.54, 1.807) is 16.7 Å². The first kappa shape index (κ1) is 19.8. The molecule has 0 fully saturated rings. The summed E-state index contributed by atoms with van der Waals surface area (Å²) in [5.74, 6) is 0.655. The maximum absolute atomic E-state index is 12.9. The molecule has 1 aliphatic rings. The summed E-state index contributed by atoms with van der Waals surface area (Å²) in [6.45, 7) is 4.39. The van der Waals surface area contributed by atoms with Gasteiger partial charge in [0.15, 0.2) is 0 Å². The molecule has 0 bridgehead atoms. The zero-order chi connectivity index (χ0) is 18.4. The van der Waals surface area contributed by atoms with Crippen LogP contribution in [0.1, 0.15) is 42.6 Å². The van der Waals surface area contributed by atoms with Crippen LogP contribution in [0.3, 0.4) is 0 Å². The van der Waals surface area contributed by atoms with Crippen LogP contribution in [0.25, 0.3) is 0 Å². The number of carbonyl (C=O) groups is 2. The molecule has 5 nitrogen and oxygen atoms in total. The summed E-state index contributed by atoms with van der Waals surface area (Å²) in [6.07, 6.45) is 3.51. The number of nitrogens with zero attached hydrogens (tertiary/aromatic N) is 1. The summed E-state index contributed by atoms with van der Waals surface area (Å²) in [5.41, 5.74) is 1.65. The second-order valence-corrected chi connectivity index (χ2v) is 7.58. The van der Waals surface area contributed by atoms with Crippen molar-refractivity contribution in [2.75, 3.05) is 18.6 Å². The molecule has 3 atom stereocenters. The molecule has 1 heterocycles. The first-order valence-electron chi connectivity index (χ1n) is 8.82. The molecule has 1 aromatic rings. The molecule has 0 spiro atoms. The van der Waals surface area contributed by atoms with Gasteiger partial charge in [-0.3, -0.25) is 9.59 Å². The van der Waals surface area contributed by atoms with Gasteiger partial charge in [-0.15, -0.1) is 0 Å². The number of carbonyl (C=O) groups excluding carboxylic acids is 2. The van der Waals surface area contributed by atoms with Gasteiger partial charge in [-0.05, 0) is 36.0 Å². The smallest absolute Gasteiger partial charge is 0.255 e. The number of thioether (sulfide) groups is 1. The summed E-state index contributed by atoms with van der Waals surface area (Å²) >= 11 is 1.68. The minimum absolute atomic E-state index is 0.0400. The Morgan fingerprint density at radius 1 is 1.40 bits per heavy atom. The van der Waals surface area contributed by atoms with E-state index in [4.69, 9.17) is 0 Å². The number of hydrogen-bond donors (Lipinski definition) is 2. The van der Waals surface area contributed by atoms with Crippen LogP contribution in [0.5, 0.6) is 0 Å². The molecule has 0 unspecified atom stereocenters. The van der Waals surface area contributed by atoms with E-state index in [9.17, 15) is 14.7 Å². The van der Waals surface area contributed by atoms with E-state index < -0.39 is 6.04 Å². The van der Waals surface area contributed by atoms with Crippen molar-refractivity contribution in [1.82, 2.24) is 10.2 Å². The summed E-state index contributed by atoms with van der Waals surface area (Å²) in [5, 5.41) is 12.5. The Morgan fingerprint density at radius 3 is 2.72 bits per heavy atom. The monoisotopic (exact) mass is 364 g/mol. The molecule has 138 valence electrons. The van der Waals surface area contributed by atoms with Gasteiger partial charge in [-0.2, -0.15) is 11.8 Å². The van der Waals surface area contributed by atoms with Gasteiger partial charge >= 0.3 is 0 Å². The lowest BCUT2D eigenvalue weighted by atomic mass is 9.96.